The minimum absolute atomic E-state index is 0.0256. The summed E-state index contributed by atoms with van der Waals surface area (Å²) in [6.45, 7) is 0. The van der Waals surface area contributed by atoms with Crippen molar-refractivity contribution >= 4 is 5.91 Å². The number of piperidine rings is 1. The van der Waals surface area contributed by atoms with Crippen LogP contribution >= 0.6 is 0 Å². The van der Waals surface area contributed by atoms with Gasteiger partial charge in [0, 0.05) is 50.6 Å². The van der Waals surface area contributed by atoms with Gasteiger partial charge < -0.3 is 10.0 Å². The number of aliphatic hydroxyl groups is 1. The lowest BCUT2D eigenvalue weighted by molar-refractivity contribution is -0.0530. The standard InChI is InChI=1S/C17H20N4O2/c1-20-15(6-8-19-20)17(23)9-13-4-5-14(10-17)21(13)16(22)12-3-2-7-18-11-12/h2-3,6-8,11,13-14,23H,4-5,9-10H2,1H3. The molecule has 0 saturated carbocycles. The van der Waals surface area contributed by atoms with Crippen LogP contribution in [0.15, 0.2) is 36.8 Å². The molecule has 1 amide bonds. The van der Waals surface area contributed by atoms with Gasteiger partial charge in [-0.25, -0.2) is 0 Å². The van der Waals surface area contributed by atoms with Crippen LogP contribution in [-0.4, -0.2) is 42.8 Å². The number of pyridine rings is 1. The number of nitrogens with zero attached hydrogens (tertiary/aromatic N) is 4. The van der Waals surface area contributed by atoms with Crippen LogP contribution in [-0.2, 0) is 12.6 Å². The molecule has 1 N–H and O–H groups in total. The summed E-state index contributed by atoms with van der Waals surface area (Å²) in [6, 6.07) is 5.60. The highest BCUT2D eigenvalue weighted by atomic mass is 16.3. The van der Waals surface area contributed by atoms with E-state index in [1.807, 2.05) is 18.0 Å². The highest BCUT2D eigenvalue weighted by molar-refractivity contribution is 5.94. The van der Waals surface area contributed by atoms with Crippen molar-refractivity contribution in [2.45, 2.75) is 43.4 Å². The molecule has 2 unspecified atom stereocenters. The minimum atomic E-state index is -0.900. The van der Waals surface area contributed by atoms with Gasteiger partial charge in [0.05, 0.1) is 11.3 Å². The maximum absolute atomic E-state index is 12.8. The molecule has 120 valence electrons. The summed E-state index contributed by atoms with van der Waals surface area (Å²) in [5, 5.41) is 15.3. The van der Waals surface area contributed by atoms with E-state index >= 15 is 0 Å². The molecule has 0 aliphatic carbocycles. The van der Waals surface area contributed by atoms with E-state index in [0.29, 0.717) is 18.4 Å². The van der Waals surface area contributed by atoms with Crippen LogP contribution in [0.3, 0.4) is 0 Å². The van der Waals surface area contributed by atoms with Crippen molar-refractivity contribution in [3.05, 3.63) is 48.0 Å². The Morgan fingerprint density at radius 2 is 2.00 bits per heavy atom. The zero-order valence-electron chi connectivity index (χ0n) is 13.1. The fourth-order valence-corrected chi connectivity index (χ4v) is 4.23. The van der Waals surface area contributed by atoms with E-state index in [0.717, 1.165) is 18.5 Å². The zero-order valence-corrected chi connectivity index (χ0v) is 13.1. The van der Waals surface area contributed by atoms with Crippen LogP contribution in [0, 0.1) is 0 Å². The predicted molar refractivity (Wildman–Crippen MR) is 83.6 cm³/mol. The van der Waals surface area contributed by atoms with Crippen molar-refractivity contribution in [1.82, 2.24) is 19.7 Å². The fourth-order valence-electron chi connectivity index (χ4n) is 4.23. The topological polar surface area (TPSA) is 71.2 Å². The quantitative estimate of drug-likeness (QED) is 0.911. The third-order valence-corrected chi connectivity index (χ3v) is 5.21. The molecular weight excluding hydrogens is 292 g/mol. The summed E-state index contributed by atoms with van der Waals surface area (Å²) in [4.78, 5) is 18.8. The number of carbonyl (C=O) groups is 1. The Labute approximate surface area is 134 Å². The summed E-state index contributed by atoms with van der Waals surface area (Å²) in [6.07, 6.45) is 8.01. The second-order valence-corrected chi connectivity index (χ2v) is 6.62. The average molecular weight is 312 g/mol. The van der Waals surface area contributed by atoms with Crippen molar-refractivity contribution in [1.29, 1.82) is 0 Å². The van der Waals surface area contributed by atoms with Gasteiger partial charge in [0.25, 0.3) is 5.91 Å². The Kier molecular flexibility index (Phi) is 3.23. The van der Waals surface area contributed by atoms with E-state index in [4.69, 9.17) is 0 Å². The number of fused-ring (bicyclic) bond motifs is 2. The molecule has 0 aromatic carbocycles. The van der Waals surface area contributed by atoms with E-state index in [2.05, 4.69) is 10.1 Å². The van der Waals surface area contributed by atoms with Crippen LogP contribution in [0.25, 0.3) is 0 Å². The maximum Gasteiger partial charge on any atom is 0.255 e. The molecule has 23 heavy (non-hydrogen) atoms. The second-order valence-electron chi connectivity index (χ2n) is 6.62. The van der Waals surface area contributed by atoms with E-state index in [9.17, 15) is 9.90 Å². The fraction of sp³-hybridized carbons (Fsp3) is 0.471. The number of hydrogen-bond acceptors (Lipinski definition) is 4. The molecule has 2 aliphatic heterocycles. The Hall–Kier alpha value is -2.21. The SMILES string of the molecule is Cn1nccc1C1(O)CC2CCC(C1)N2C(=O)c1cccnc1. The maximum atomic E-state index is 12.8. The predicted octanol–water partition coefficient (Wildman–Crippen LogP) is 1.47. The molecule has 6 nitrogen and oxygen atoms in total. The summed E-state index contributed by atoms with van der Waals surface area (Å²) >= 11 is 0. The normalized spacial score (nSPS) is 29.7. The lowest BCUT2D eigenvalue weighted by atomic mass is 9.83. The molecule has 4 rings (SSSR count). The molecule has 6 heteroatoms. The Bertz CT molecular complexity index is 713. The zero-order chi connectivity index (χ0) is 16.0. The van der Waals surface area contributed by atoms with Gasteiger partial charge in [0.1, 0.15) is 5.60 Å². The van der Waals surface area contributed by atoms with Crippen molar-refractivity contribution in [2.24, 2.45) is 7.05 Å². The lowest BCUT2D eigenvalue weighted by Crippen LogP contribution is -2.52. The molecule has 2 bridgehead atoms. The summed E-state index contributed by atoms with van der Waals surface area (Å²) in [5.41, 5.74) is 0.557. The van der Waals surface area contributed by atoms with Crippen LogP contribution < -0.4 is 0 Å². The molecule has 2 atom stereocenters. The molecule has 2 saturated heterocycles. The number of carbonyl (C=O) groups excluding carboxylic acids is 1. The number of hydrogen-bond donors (Lipinski definition) is 1. The van der Waals surface area contributed by atoms with Gasteiger partial charge in [-0.15, -0.1) is 0 Å². The van der Waals surface area contributed by atoms with Gasteiger partial charge in [-0.3, -0.25) is 14.5 Å². The van der Waals surface area contributed by atoms with Crippen molar-refractivity contribution in [3.8, 4) is 0 Å². The molecule has 2 aromatic heterocycles. The average Bonchev–Trinajstić information content (AvgIpc) is 3.10. The summed E-state index contributed by atoms with van der Waals surface area (Å²) < 4.78 is 1.73. The van der Waals surface area contributed by atoms with Gasteiger partial charge in [0.2, 0.25) is 0 Å². The highest BCUT2D eigenvalue weighted by Crippen LogP contribution is 2.45. The molecular formula is C17H20N4O2. The summed E-state index contributed by atoms with van der Waals surface area (Å²) in [7, 11) is 1.85. The highest BCUT2D eigenvalue weighted by Gasteiger charge is 2.51. The minimum Gasteiger partial charge on any atom is -0.383 e. The van der Waals surface area contributed by atoms with Gasteiger partial charge in [-0.05, 0) is 31.0 Å². The van der Waals surface area contributed by atoms with E-state index in [-0.39, 0.29) is 18.0 Å². The lowest BCUT2D eigenvalue weighted by Gasteiger charge is -2.43. The first kappa shape index (κ1) is 14.4. The van der Waals surface area contributed by atoms with E-state index in [1.165, 1.54) is 0 Å². The van der Waals surface area contributed by atoms with Gasteiger partial charge in [-0.2, -0.15) is 5.10 Å². The first-order chi connectivity index (χ1) is 11.1. The number of aromatic nitrogens is 3. The Morgan fingerprint density at radius 1 is 1.26 bits per heavy atom. The third kappa shape index (κ3) is 2.25. The second kappa shape index (κ2) is 5.16. The first-order valence-electron chi connectivity index (χ1n) is 8.02. The number of amides is 1. The van der Waals surface area contributed by atoms with Crippen LogP contribution in [0.5, 0.6) is 0 Å². The van der Waals surface area contributed by atoms with Crippen molar-refractivity contribution in [2.75, 3.05) is 0 Å². The largest absolute Gasteiger partial charge is 0.383 e. The van der Waals surface area contributed by atoms with Crippen LogP contribution in [0.1, 0.15) is 41.7 Å². The molecule has 2 fully saturated rings. The number of aryl methyl sites for hydroxylation is 1. The number of rotatable bonds is 2. The van der Waals surface area contributed by atoms with Crippen LogP contribution in [0.2, 0.25) is 0 Å². The molecule has 4 heterocycles. The van der Waals surface area contributed by atoms with E-state index in [1.54, 1.807) is 35.4 Å². The smallest absolute Gasteiger partial charge is 0.255 e. The Morgan fingerprint density at radius 3 is 2.57 bits per heavy atom. The van der Waals surface area contributed by atoms with Gasteiger partial charge >= 0.3 is 0 Å². The van der Waals surface area contributed by atoms with Crippen molar-refractivity contribution in [3.63, 3.8) is 0 Å². The van der Waals surface area contributed by atoms with Gasteiger partial charge in [-0.1, -0.05) is 0 Å². The molecule has 0 radical (unpaired) electrons. The summed E-state index contributed by atoms with van der Waals surface area (Å²) in [5.74, 6) is 0.0256. The molecule has 2 aromatic rings. The van der Waals surface area contributed by atoms with E-state index < -0.39 is 5.60 Å². The third-order valence-electron chi connectivity index (χ3n) is 5.21. The molecule has 2 aliphatic rings. The molecule has 0 spiro atoms. The van der Waals surface area contributed by atoms with Crippen molar-refractivity contribution < 1.29 is 9.90 Å². The monoisotopic (exact) mass is 312 g/mol. The Balaban J connectivity index is 1.62. The van der Waals surface area contributed by atoms with Crippen LogP contribution in [0.4, 0.5) is 0 Å². The first-order valence-corrected chi connectivity index (χ1v) is 8.02. The van der Waals surface area contributed by atoms with Gasteiger partial charge in [0.15, 0.2) is 0 Å².